The first-order chi connectivity index (χ1) is 53.1. The summed E-state index contributed by atoms with van der Waals surface area (Å²) in [6.45, 7) is 22.9. The van der Waals surface area contributed by atoms with Crippen molar-refractivity contribution < 1.29 is 188 Å². The number of carbonyl (C=O) groups excluding carboxylic acids is 1. The molecule has 4 unspecified atom stereocenters. The van der Waals surface area contributed by atoms with Gasteiger partial charge in [0.1, 0.15) is 0 Å². The summed E-state index contributed by atoms with van der Waals surface area (Å²) in [6.07, 6.45) is 23.4. The maximum Gasteiger partial charge on any atom is 0.330 e. The van der Waals surface area contributed by atoms with Crippen LogP contribution in [0.5, 0.6) is 0 Å². The predicted molar refractivity (Wildman–Crippen MR) is 434 cm³/mol. The summed E-state index contributed by atoms with van der Waals surface area (Å²) in [5.74, 6) is -1.75. The molecule has 6 aliphatic heterocycles. The van der Waals surface area contributed by atoms with E-state index in [1.807, 2.05) is 55.4 Å². The minimum Gasteiger partial charge on any atom is -0.465 e. The normalized spacial score (nSPS) is 22.2. The quantitative estimate of drug-likeness (QED) is 0.00575. The summed E-state index contributed by atoms with van der Waals surface area (Å²) in [5.41, 5.74) is 0. The number of esters is 1. The zero-order chi connectivity index (χ0) is 88.1. The number of allylic oxidation sites excluding steroid dienone is 2. The van der Waals surface area contributed by atoms with E-state index in [-0.39, 0.29) is 126 Å². The average Bonchev–Trinajstić information content (AvgIpc) is 1.66. The third-order valence-corrected chi connectivity index (χ3v) is 25.9. The number of ether oxygens (including phenoxy) is 9. The molecule has 0 saturated carbocycles. The van der Waals surface area contributed by atoms with Crippen LogP contribution in [0.15, 0.2) is 12.2 Å². The summed E-state index contributed by atoms with van der Waals surface area (Å²) in [7, 11) is -5.28. The summed E-state index contributed by atoms with van der Waals surface area (Å²) in [6, 6.07) is 0. The van der Waals surface area contributed by atoms with Crippen LogP contribution in [0.3, 0.4) is 0 Å². The maximum atomic E-state index is 11.9. The number of aliphatic hydroxyl groups is 5. The van der Waals surface area contributed by atoms with Gasteiger partial charge in [0.25, 0.3) is 10.1 Å². The van der Waals surface area contributed by atoms with Gasteiger partial charge in [0.05, 0.1) is 142 Å². The van der Waals surface area contributed by atoms with Crippen molar-refractivity contribution in [1.29, 1.82) is 1.34 Å². The number of aliphatic hydroxyl groups excluding tert-OH is 5. The molecule has 0 aliphatic carbocycles. The zero-order valence-corrected chi connectivity index (χ0v) is 79.5. The van der Waals surface area contributed by atoms with Gasteiger partial charge in [-0.15, -0.1) is 0 Å². The second-order valence-electron chi connectivity index (χ2n) is 26.9. The van der Waals surface area contributed by atoms with Gasteiger partial charge in [-0.05, 0) is 88.8 Å². The molecule has 670 valence electrons. The number of hydrogen-bond acceptors (Lipinski definition) is 30. The number of carbonyl (C=O) groups is 1. The number of unbranched alkanes of at least 4 members (excludes halogenated alkanes) is 11. The Morgan fingerprint density at radius 1 is 0.559 bits per heavy atom. The van der Waals surface area contributed by atoms with E-state index in [1.165, 1.54) is 113 Å². The van der Waals surface area contributed by atoms with Gasteiger partial charge in [-0.2, -0.15) is 8.42 Å². The van der Waals surface area contributed by atoms with Crippen LogP contribution >= 0.6 is 53.0 Å². The molecule has 4 atom stereocenters. The third kappa shape index (κ3) is 70.1. The van der Waals surface area contributed by atoms with Crippen molar-refractivity contribution in [2.75, 3.05) is 212 Å². The molecule has 5 N–H and O–H groups in total. The molecule has 6 fully saturated rings. The SMILES string of the molecule is C.CC1(C)OCC(CI)CO1.CC1(C)OCC(CO)CO1.CC1(C)OCC(COS(C)(=O)=O)CO1.CCCCCCCC/C=C\CCCCCCCC(=O)OCC1COP(=O)(OC)C1.CO.COP(=O)(CC(CO)CO)OC.COP(=O)(CC1COC(C)(C)OC1)OC.COP1(=O)CC(CO)CO1.[2H]CF.[2H]CF.[2H]CF.[2H][B].[U]. The Labute approximate surface area is 711 Å². The summed E-state index contributed by atoms with van der Waals surface area (Å²) < 4.78 is 212. The van der Waals surface area contributed by atoms with E-state index in [1.54, 1.807) is 0 Å². The molecule has 0 aromatic rings. The van der Waals surface area contributed by atoms with Crippen molar-refractivity contribution >= 4 is 77.4 Å². The van der Waals surface area contributed by atoms with Gasteiger partial charge in [-0.1, -0.05) is 100 Å². The van der Waals surface area contributed by atoms with Gasteiger partial charge < -0.3 is 104 Å². The molecule has 6 rings (SSSR count). The van der Waals surface area contributed by atoms with Gasteiger partial charge in [0.15, 0.2) is 23.1 Å². The van der Waals surface area contributed by atoms with Crippen molar-refractivity contribution in [3.8, 4) is 0 Å². The van der Waals surface area contributed by atoms with Crippen LogP contribution in [0.4, 0.5) is 13.2 Å². The Morgan fingerprint density at radius 3 is 1.22 bits per heavy atom. The van der Waals surface area contributed by atoms with E-state index in [0.29, 0.717) is 83.7 Å². The fourth-order valence-corrected chi connectivity index (χ4v) is 16.0. The predicted octanol–water partition coefficient (Wildman–Crippen LogP) is 13.4. The first-order valence-electron chi connectivity index (χ1n) is 38.6. The smallest absolute Gasteiger partial charge is 0.330 e. The molecule has 0 aromatic carbocycles. The van der Waals surface area contributed by atoms with Crippen LogP contribution in [-0.4, -0.2) is 285 Å². The van der Waals surface area contributed by atoms with E-state index >= 15 is 0 Å². The topological polar surface area (TPSA) is 387 Å². The largest absolute Gasteiger partial charge is 0.465 e. The Bertz CT molecular complexity index is 2490. The molecule has 6 heterocycles. The van der Waals surface area contributed by atoms with Crippen molar-refractivity contribution in [3.05, 3.63) is 12.2 Å². The monoisotopic (exact) mass is 2060 g/mol. The minimum absolute atomic E-state index is 0. The van der Waals surface area contributed by atoms with Crippen LogP contribution in [-0.2, 0) is 116 Å². The standard InChI is InChI=1S/C23H43O5P.C9H19O5P.C8H16O5S.C7H13IO2.C7H14O3.C6H15O5P.C5H11O4P.3CH3F.CH4O.CH4.BH.U/c1-3-4-5-6-7-8-9-10-11-12-13-14-15-16-17-18-23(24)27-19-22-20-28-29(25,21-22)26-2;1-9(2)13-5-8(6-14-9)7-15(10,11-3)12-4;1-8(2)11-4-7(5-12-8)6-13-14(3,9)10;2*1-7(2)9-4-6(3-8)5-10-7;1-10-12(9,11-2)5-6(3-7)4-8;1-8-10(7)4-5(2-6)3-9-10;4*1-2;;;/h10-11,22H,3-9,12-21H2,1-2H3;8H,5-7H2,1-4H3;7H,4-6H2,1-3H3;6H,3-5H2,1-2H3;6,8H,3-5H2,1-2H3;6-8H,3-5H2,1-2H3;5-6H,2-4H2,1H3;3*1H3;2H,1H3;1H4;1H;/b11-10-;;;;;;;;;;;;;/i;;;;;;;3*1D;;;1D;. The molecule has 6 saturated heterocycles. The van der Waals surface area contributed by atoms with Crippen LogP contribution < -0.4 is 0 Å². The number of halogens is 4. The van der Waals surface area contributed by atoms with Crippen LogP contribution in [0.1, 0.15) is 164 Å². The summed E-state index contributed by atoms with van der Waals surface area (Å²) in [5, 5.41) is 41.7. The molecule has 0 spiro atoms. The minimum atomic E-state index is -3.36. The van der Waals surface area contributed by atoms with Crippen LogP contribution in [0.2, 0.25) is 0 Å². The molecule has 6 aliphatic rings. The van der Waals surface area contributed by atoms with Gasteiger partial charge in [-0.3, -0.25) is 40.4 Å². The second-order valence-corrected chi connectivity index (χ2v) is 38.5. The van der Waals surface area contributed by atoms with E-state index in [0.717, 1.165) is 43.8 Å². The van der Waals surface area contributed by atoms with Gasteiger partial charge in [0.2, 0.25) is 0 Å². The molecule has 111 heavy (non-hydrogen) atoms. The number of rotatable bonds is 35. The maximum absolute atomic E-state index is 11.9. The molecule has 0 amide bonds. The van der Waals surface area contributed by atoms with E-state index in [4.69, 9.17) is 96.2 Å². The Hall–Kier alpha value is 0.837. The first kappa shape index (κ1) is 118. The van der Waals surface area contributed by atoms with E-state index in [9.17, 15) is 44.6 Å². The number of hydrogen-bond donors (Lipinski definition) is 5. The van der Waals surface area contributed by atoms with Crippen molar-refractivity contribution in [1.82, 2.24) is 0 Å². The van der Waals surface area contributed by atoms with Gasteiger partial charge >= 0.3 is 36.4 Å². The average molecular weight is 2060 g/mol. The summed E-state index contributed by atoms with van der Waals surface area (Å²) >= 11 is 2.36. The van der Waals surface area contributed by atoms with Gasteiger partial charge in [0, 0.05) is 161 Å². The second kappa shape index (κ2) is 74.6. The van der Waals surface area contributed by atoms with E-state index < -0.39 is 85.2 Å². The molecule has 30 nitrogen and oxygen atoms in total. The van der Waals surface area contributed by atoms with Crippen LogP contribution in [0.25, 0.3) is 0 Å². The zero-order valence-electron chi connectivity index (χ0n) is 72.8. The molecule has 0 aromatic heterocycles. The Balaban J connectivity index is -0.000000194. The molecular formula is C70H149BF3IO30P4SU. The van der Waals surface area contributed by atoms with Crippen molar-refractivity contribution in [2.24, 2.45) is 41.4 Å². The third-order valence-electron chi connectivity index (χ3n) is 15.8. The van der Waals surface area contributed by atoms with Crippen molar-refractivity contribution in [3.63, 3.8) is 0 Å². The van der Waals surface area contributed by atoms with Crippen LogP contribution in [0, 0.1) is 72.5 Å². The van der Waals surface area contributed by atoms with E-state index in [2.05, 4.69) is 67.8 Å². The molecule has 2 radical (unpaired) electrons. The van der Waals surface area contributed by atoms with Gasteiger partial charge in [-0.25, -0.2) is 0 Å². The fourth-order valence-electron chi connectivity index (χ4n) is 9.15. The summed E-state index contributed by atoms with van der Waals surface area (Å²) in [4.78, 5) is 11.8. The Kier molecular flexibility index (Phi) is 79.5. The number of alkyl halides is 4. The fraction of sp³-hybridized carbons (Fsp3) is 0.957. The van der Waals surface area contributed by atoms with Crippen molar-refractivity contribution in [2.45, 2.75) is 183 Å². The molecular weight excluding hydrogens is 1910 g/mol. The Morgan fingerprint density at radius 2 is 0.892 bits per heavy atom. The first-order valence-corrected chi connectivity index (χ1v) is 46.1. The molecule has 0 bridgehead atoms. The molecule has 41 heteroatoms.